The topological polar surface area (TPSA) is 69.6 Å². The zero-order valence-corrected chi connectivity index (χ0v) is 13.2. The van der Waals surface area contributed by atoms with Gasteiger partial charge in [0.2, 0.25) is 0 Å². The fourth-order valence-electron chi connectivity index (χ4n) is 2.86. The Hall–Kier alpha value is -2.09. The SMILES string of the molecule is CCc1ccc2c(c1)C[C@@H]1CNCCN1C2=O.O=C(O)C(F)(F)F. The van der Waals surface area contributed by atoms with Crippen LogP contribution in [0.1, 0.15) is 28.4 Å². The Morgan fingerprint density at radius 1 is 1.42 bits per heavy atom. The second-order valence-electron chi connectivity index (χ2n) is 5.71. The number of alkyl halides is 3. The van der Waals surface area contributed by atoms with E-state index in [1.54, 1.807) is 0 Å². The van der Waals surface area contributed by atoms with Crippen LogP contribution in [-0.2, 0) is 17.6 Å². The second kappa shape index (κ2) is 7.21. The maximum atomic E-state index is 12.3. The van der Waals surface area contributed by atoms with E-state index in [0.717, 1.165) is 38.0 Å². The maximum Gasteiger partial charge on any atom is 0.490 e. The molecule has 2 aliphatic heterocycles. The van der Waals surface area contributed by atoms with E-state index >= 15 is 0 Å². The molecule has 2 aliphatic rings. The van der Waals surface area contributed by atoms with Crippen LogP contribution in [0.3, 0.4) is 0 Å². The number of nitrogens with zero attached hydrogens (tertiary/aromatic N) is 1. The van der Waals surface area contributed by atoms with Gasteiger partial charge in [0.15, 0.2) is 0 Å². The molecular formula is C16H19F3N2O3. The molecule has 0 aliphatic carbocycles. The molecule has 1 fully saturated rings. The first kappa shape index (κ1) is 18.3. The highest BCUT2D eigenvalue weighted by Crippen LogP contribution is 2.25. The predicted molar refractivity (Wildman–Crippen MR) is 80.9 cm³/mol. The first-order chi connectivity index (χ1) is 11.2. The monoisotopic (exact) mass is 344 g/mol. The number of nitrogens with one attached hydrogen (secondary N) is 1. The average Bonchev–Trinajstić information content (AvgIpc) is 2.54. The van der Waals surface area contributed by atoms with E-state index in [-0.39, 0.29) is 5.91 Å². The molecule has 1 aromatic carbocycles. The van der Waals surface area contributed by atoms with Gasteiger partial charge in [-0.1, -0.05) is 19.1 Å². The highest BCUT2D eigenvalue weighted by atomic mass is 19.4. The van der Waals surface area contributed by atoms with Gasteiger partial charge in [-0.25, -0.2) is 4.79 Å². The Labute approximate surface area is 137 Å². The third-order valence-corrected chi connectivity index (χ3v) is 4.12. The largest absolute Gasteiger partial charge is 0.490 e. The van der Waals surface area contributed by atoms with Gasteiger partial charge >= 0.3 is 12.1 Å². The number of piperazine rings is 1. The Balaban J connectivity index is 0.000000256. The summed E-state index contributed by atoms with van der Waals surface area (Å²) in [5.41, 5.74) is 3.48. The molecule has 1 saturated heterocycles. The number of aliphatic carboxylic acids is 1. The molecule has 1 amide bonds. The number of rotatable bonds is 1. The van der Waals surface area contributed by atoms with Gasteiger partial charge < -0.3 is 15.3 Å². The number of hydrogen-bond donors (Lipinski definition) is 2. The standard InChI is InChI=1S/C14H18N2O.C2HF3O2/c1-2-10-3-4-13-11(7-10)8-12-9-15-5-6-16(12)14(13)17;3-2(4,5)1(6)7/h3-4,7,12,15H,2,5-6,8-9H2,1H3;(H,6,7)/t12-;/m1./s1. The minimum Gasteiger partial charge on any atom is -0.475 e. The molecule has 0 unspecified atom stereocenters. The third-order valence-electron chi connectivity index (χ3n) is 4.12. The number of halogens is 3. The summed E-state index contributed by atoms with van der Waals surface area (Å²) in [5, 5.41) is 10.5. The lowest BCUT2D eigenvalue weighted by atomic mass is 9.90. The molecule has 2 N–H and O–H groups in total. The van der Waals surface area contributed by atoms with Crippen molar-refractivity contribution in [2.75, 3.05) is 19.6 Å². The number of benzene rings is 1. The molecule has 2 heterocycles. The number of carbonyl (C=O) groups is 2. The van der Waals surface area contributed by atoms with Crippen LogP contribution in [0.4, 0.5) is 13.2 Å². The van der Waals surface area contributed by atoms with Crippen molar-refractivity contribution >= 4 is 11.9 Å². The summed E-state index contributed by atoms with van der Waals surface area (Å²) < 4.78 is 31.7. The molecule has 1 aromatic rings. The first-order valence-corrected chi connectivity index (χ1v) is 7.67. The van der Waals surface area contributed by atoms with E-state index in [1.807, 2.05) is 11.0 Å². The van der Waals surface area contributed by atoms with Crippen LogP contribution in [0.2, 0.25) is 0 Å². The summed E-state index contributed by atoms with van der Waals surface area (Å²) in [7, 11) is 0. The molecule has 5 nitrogen and oxygen atoms in total. The number of amides is 1. The molecule has 1 atom stereocenters. The second-order valence-corrected chi connectivity index (χ2v) is 5.71. The number of fused-ring (bicyclic) bond motifs is 2. The van der Waals surface area contributed by atoms with Gasteiger partial charge in [-0.2, -0.15) is 13.2 Å². The summed E-state index contributed by atoms with van der Waals surface area (Å²) in [6.45, 7) is 4.85. The highest BCUT2D eigenvalue weighted by molar-refractivity contribution is 5.97. The molecular weight excluding hydrogens is 325 g/mol. The van der Waals surface area contributed by atoms with Gasteiger partial charge in [0.1, 0.15) is 0 Å². The van der Waals surface area contributed by atoms with E-state index in [0.29, 0.717) is 6.04 Å². The van der Waals surface area contributed by atoms with Gasteiger partial charge in [-0.05, 0) is 30.0 Å². The third kappa shape index (κ3) is 4.05. The van der Waals surface area contributed by atoms with Crippen molar-refractivity contribution in [3.63, 3.8) is 0 Å². The van der Waals surface area contributed by atoms with Crippen LogP contribution < -0.4 is 5.32 Å². The van der Waals surface area contributed by atoms with Crippen molar-refractivity contribution in [1.82, 2.24) is 10.2 Å². The minimum absolute atomic E-state index is 0.223. The Morgan fingerprint density at radius 3 is 2.67 bits per heavy atom. The molecule has 3 rings (SSSR count). The number of carbonyl (C=O) groups excluding carboxylic acids is 1. The van der Waals surface area contributed by atoms with Crippen LogP contribution in [0.5, 0.6) is 0 Å². The number of carboxylic acid groups (broad SMARTS) is 1. The van der Waals surface area contributed by atoms with Crippen LogP contribution in [0.25, 0.3) is 0 Å². The molecule has 0 spiro atoms. The molecule has 0 bridgehead atoms. The fourth-order valence-corrected chi connectivity index (χ4v) is 2.86. The molecule has 24 heavy (non-hydrogen) atoms. The van der Waals surface area contributed by atoms with Crippen molar-refractivity contribution in [2.45, 2.75) is 32.0 Å². The van der Waals surface area contributed by atoms with Crippen LogP contribution >= 0.6 is 0 Å². The van der Waals surface area contributed by atoms with E-state index < -0.39 is 12.1 Å². The first-order valence-electron chi connectivity index (χ1n) is 7.67. The normalized spacial score (nSPS) is 19.8. The summed E-state index contributed by atoms with van der Waals surface area (Å²) in [5.74, 6) is -2.53. The van der Waals surface area contributed by atoms with Crippen molar-refractivity contribution in [2.24, 2.45) is 0 Å². The Kier molecular flexibility index (Phi) is 5.48. The summed E-state index contributed by atoms with van der Waals surface area (Å²) in [4.78, 5) is 23.3. The van der Waals surface area contributed by atoms with E-state index in [4.69, 9.17) is 9.90 Å². The summed E-state index contributed by atoms with van der Waals surface area (Å²) in [6.07, 6.45) is -3.05. The maximum absolute atomic E-state index is 12.3. The van der Waals surface area contributed by atoms with Crippen molar-refractivity contribution in [1.29, 1.82) is 0 Å². The van der Waals surface area contributed by atoms with E-state index in [1.165, 1.54) is 11.1 Å². The predicted octanol–water partition coefficient (Wildman–Crippen LogP) is 1.85. The van der Waals surface area contributed by atoms with Crippen molar-refractivity contribution in [3.8, 4) is 0 Å². The lowest BCUT2D eigenvalue weighted by Gasteiger charge is -2.40. The fraction of sp³-hybridized carbons (Fsp3) is 0.500. The van der Waals surface area contributed by atoms with Crippen LogP contribution in [0, 0.1) is 0 Å². The van der Waals surface area contributed by atoms with E-state index in [9.17, 15) is 18.0 Å². The van der Waals surface area contributed by atoms with Crippen molar-refractivity contribution in [3.05, 3.63) is 34.9 Å². The van der Waals surface area contributed by atoms with Gasteiger partial charge in [0.25, 0.3) is 5.91 Å². The number of aryl methyl sites for hydroxylation is 1. The molecule has 0 saturated carbocycles. The zero-order chi connectivity index (χ0) is 17.9. The summed E-state index contributed by atoms with van der Waals surface area (Å²) in [6, 6.07) is 6.66. The molecule has 0 radical (unpaired) electrons. The lowest BCUT2D eigenvalue weighted by Crippen LogP contribution is -2.56. The van der Waals surface area contributed by atoms with Gasteiger partial charge in [-0.3, -0.25) is 4.79 Å². The molecule has 132 valence electrons. The Bertz CT molecular complexity index is 631. The van der Waals surface area contributed by atoms with Gasteiger partial charge in [0.05, 0.1) is 0 Å². The van der Waals surface area contributed by atoms with Crippen LogP contribution in [0.15, 0.2) is 18.2 Å². The number of hydrogen-bond acceptors (Lipinski definition) is 3. The smallest absolute Gasteiger partial charge is 0.475 e. The highest BCUT2D eigenvalue weighted by Gasteiger charge is 2.38. The van der Waals surface area contributed by atoms with Gasteiger partial charge in [-0.15, -0.1) is 0 Å². The van der Waals surface area contributed by atoms with Gasteiger partial charge in [0, 0.05) is 31.2 Å². The van der Waals surface area contributed by atoms with Crippen molar-refractivity contribution < 1.29 is 27.9 Å². The minimum atomic E-state index is -5.08. The zero-order valence-electron chi connectivity index (χ0n) is 13.2. The quantitative estimate of drug-likeness (QED) is 0.816. The Morgan fingerprint density at radius 2 is 2.08 bits per heavy atom. The van der Waals surface area contributed by atoms with Crippen LogP contribution in [-0.4, -0.2) is 53.7 Å². The van der Waals surface area contributed by atoms with E-state index in [2.05, 4.69) is 24.4 Å². The summed E-state index contributed by atoms with van der Waals surface area (Å²) >= 11 is 0. The molecule has 8 heteroatoms. The lowest BCUT2D eigenvalue weighted by molar-refractivity contribution is -0.192. The average molecular weight is 344 g/mol. The molecule has 0 aromatic heterocycles. The number of carboxylic acids is 1.